The lowest BCUT2D eigenvalue weighted by Gasteiger charge is -2.32. The van der Waals surface area contributed by atoms with Crippen LogP contribution in [-0.2, 0) is 17.7 Å². The molecule has 7 heteroatoms. The summed E-state index contributed by atoms with van der Waals surface area (Å²) in [7, 11) is 0. The molecule has 1 atom stereocenters. The molecule has 0 N–H and O–H groups in total. The molecule has 0 unspecified atom stereocenters. The van der Waals surface area contributed by atoms with E-state index in [0.29, 0.717) is 37.7 Å². The maximum Gasteiger partial charge on any atom is 0.259 e. The van der Waals surface area contributed by atoms with Crippen molar-refractivity contribution in [3.8, 4) is 0 Å². The molecule has 1 amide bonds. The van der Waals surface area contributed by atoms with Crippen LogP contribution < -0.4 is 5.43 Å². The molecular weight excluding hydrogens is 433 g/mol. The number of piperidine rings is 1. The molecule has 4 rings (SSSR count). The average Bonchev–Trinajstić information content (AvgIpc) is 2.81. The molecule has 2 saturated heterocycles. The van der Waals surface area contributed by atoms with E-state index in [1.54, 1.807) is 12.1 Å². The lowest BCUT2D eigenvalue weighted by atomic mass is 9.97. The number of ether oxygens (including phenoxy) is 1. The number of aryl methyl sites for hydroxylation is 1. The van der Waals surface area contributed by atoms with Crippen molar-refractivity contribution >= 4 is 5.91 Å². The zero-order chi connectivity index (χ0) is 24.1. The SMILES string of the molecule is Cc1cc(=O)c(C(=O)N2CCC[C@@H](C)C2)c(Cc2cccc(F)c2)n1CCCN1CCOCC1. The molecule has 2 aromatic rings. The molecule has 184 valence electrons. The van der Waals surface area contributed by atoms with Crippen LogP contribution in [0.2, 0.25) is 0 Å². The van der Waals surface area contributed by atoms with Gasteiger partial charge in [-0.05, 0) is 49.8 Å². The van der Waals surface area contributed by atoms with E-state index >= 15 is 0 Å². The van der Waals surface area contributed by atoms with E-state index in [0.717, 1.165) is 63.4 Å². The average molecular weight is 470 g/mol. The Morgan fingerprint density at radius 3 is 2.68 bits per heavy atom. The highest BCUT2D eigenvalue weighted by molar-refractivity contribution is 5.95. The van der Waals surface area contributed by atoms with Crippen molar-refractivity contribution < 1.29 is 13.9 Å². The van der Waals surface area contributed by atoms with Gasteiger partial charge in [0.05, 0.1) is 13.2 Å². The monoisotopic (exact) mass is 469 g/mol. The molecule has 0 spiro atoms. The molecule has 0 aliphatic carbocycles. The summed E-state index contributed by atoms with van der Waals surface area (Å²) in [5, 5.41) is 0. The first-order chi connectivity index (χ1) is 16.4. The second-order valence-corrected chi connectivity index (χ2v) is 9.74. The minimum absolute atomic E-state index is 0.190. The normalized spacial score (nSPS) is 19.4. The van der Waals surface area contributed by atoms with E-state index < -0.39 is 0 Å². The number of carbonyl (C=O) groups excluding carboxylic acids is 1. The summed E-state index contributed by atoms with van der Waals surface area (Å²) < 4.78 is 21.5. The van der Waals surface area contributed by atoms with Gasteiger partial charge < -0.3 is 14.2 Å². The number of aromatic nitrogens is 1. The van der Waals surface area contributed by atoms with Gasteiger partial charge in [0.15, 0.2) is 5.43 Å². The highest BCUT2D eigenvalue weighted by atomic mass is 19.1. The summed E-state index contributed by atoms with van der Waals surface area (Å²) in [6.07, 6.45) is 3.29. The maximum atomic E-state index is 14.0. The number of morpholine rings is 1. The fourth-order valence-corrected chi connectivity index (χ4v) is 5.20. The second kappa shape index (κ2) is 11.3. The van der Waals surface area contributed by atoms with Crippen molar-refractivity contribution in [2.75, 3.05) is 45.9 Å². The Balaban J connectivity index is 1.67. The van der Waals surface area contributed by atoms with E-state index in [2.05, 4.69) is 16.4 Å². The van der Waals surface area contributed by atoms with Gasteiger partial charge in [0.25, 0.3) is 5.91 Å². The van der Waals surface area contributed by atoms with E-state index in [1.165, 1.54) is 12.1 Å². The zero-order valence-electron chi connectivity index (χ0n) is 20.4. The van der Waals surface area contributed by atoms with Crippen LogP contribution in [0.15, 0.2) is 35.1 Å². The largest absolute Gasteiger partial charge is 0.379 e. The van der Waals surface area contributed by atoms with Crippen LogP contribution in [0.25, 0.3) is 0 Å². The first-order valence-electron chi connectivity index (χ1n) is 12.5. The van der Waals surface area contributed by atoms with Gasteiger partial charge in [-0.3, -0.25) is 14.5 Å². The van der Waals surface area contributed by atoms with Crippen molar-refractivity contribution in [3.63, 3.8) is 0 Å². The summed E-state index contributed by atoms with van der Waals surface area (Å²) in [6.45, 7) is 10.4. The third-order valence-electron chi connectivity index (χ3n) is 7.00. The van der Waals surface area contributed by atoms with E-state index in [9.17, 15) is 14.0 Å². The number of amides is 1. The predicted molar refractivity (Wildman–Crippen MR) is 131 cm³/mol. The fourth-order valence-electron chi connectivity index (χ4n) is 5.20. The molecule has 34 heavy (non-hydrogen) atoms. The number of rotatable bonds is 7. The van der Waals surface area contributed by atoms with Crippen LogP contribution in [0.3, 0.4) is 0 Å². The number of carbonyl (C=O) groups is 1. The van der Waals surface area contributed by atoms with Gasteiger partial charge in [-0.1, -0.05) is 19.1 Å². The van der Waals surface area contributed by atoms with Gasteiger partial charge in [0, 0.05) is 63.1 Å². The van der Waals surface area contributed by atoms with Crippen LogP contribution in [0.4, 0.5) is 4.39 Å². The summed E-state index contributed by atoms with van der Waals surface area (Å²) in [5.74, 6) is -0.0838. The second-order valence-electron chi connectivity index (χ2n) is 9.74. The van der Waals surface area contributed by atoms with Crippen LogP contribution in [0.1, 0.15) is 53.5 Å². The third kappa shape index (κ3) is 5.94. The molecule has 0 saturated carbocycles. The third-order valence-corrected chi connectivity index (χ3v) is 7.00. The van der Waals surface area contributed by atoms with Crippen LogP contribution in [-0.4, -0.2) is 66.2 Å². The van der Waals surface area contributed by atoms with Crippen molar-refractivity contribution in [2.45, 2.75) is 46.1 Å². The van der Waals surface area contributed by atoms with E-state index in [1.807, 2.05) is 17.9 Å². The highest BCUT2D eigenvalue weighted by Crippen LogP contribution is 2.21. The molecule has 6 nitrogen and oxygen atoms in total. The number of hydrogen-bond acceptors (Lipinski definition) is 4. The minimum atomic E-state index is -0.316. The smallest absolute Gasteiger partial charge is 0.259 e. The topological polar surface area (TPSA) is 54.8 Å². The molecule has 1 aromatic heterocycles. The first kappa shape index (κ1) is 24.6. The van der Waals surface area contributed by atoms with Crippen molar-refractivity contribution in [2.24, 2.45) is 5.92 Å². The zero-order valence-corrected chi connectivity index (χ0v) is 20.4. The van der Waals surface area contributed by atoms with Crippen molar-refractivity contribution in [1.82, 2.24) is 14.4 Å². The number of nitrogens with zero attached hydrogens (tertiary/aromatic N) is 3. The predicted octanol–water partition coefficient (Wildman–Crippen LogP) is 3.48. The van der Waals surface area contributed by atoms with Gasteiger partial charge in [0.2, 0.25) is 0 Å². The lowest BCUT2D eigenvalue weighted by Crippen LogP contribution is -2.42. The lowest BCUT2D eigenvalue weighted by molar-refractivity contribution is 0.0369. The summed E-state index contributed by atoms with van der Waals surface area (Å²) in [6, 6.07) is 8.02. The Kier molecular flexibility index (Phi) is 8.16. The van der Waals surface area contributed by atoms with Crippen LogP contribution in [0.5, 0.6) is 0 Å². The molecule has 1 aromatic carbocycles. The summed E-state index contributed by atoms with van der Waals surface area (Å²) in [4.78, 5) is 31.1. The number of pyridine rings is 1. The maximum absolute atomic E-state index is 14.0. The molecule has 3 heterocycles. The van der Waals surface area contributed by atoms with Gasteiger partial charge >= 0.3 is 0 Å². The summed E-state index contributed by atoms with van der Waals surface area (Å²) >= 11 is 0. The quantitative estimate of drug-likeness (QED) is 0.623. The number of hydrogen-bond donors (Lipinski definition) is 0. The Morgan fingerprint density at radius 1 is 1.15 bits per heavy atom. The molecule has 2 fully saturated rings. The number of halogens is 1. The van der Waals surface area contributed by atoms with E-state index in [4.69, 9.17) is 4.74 Å². The van der Waals surface area contributed by atoms with Crippen molar-refractivity contribution in [3.05, 3.63) is 68.9 Å². The molecule has 0 radical (unpaired) electrons. The Hall–Kier alpha value is -2.51. The van der Waals surface area contributed by atoms with Crippen LogP contribution >= 0.6 is 0 Å². The Morgan fingerprint density at radius 2 is 1.94 bits per heavy atom. The number of benzene rings is 1. The number of likely N-dealkylation sites (tertiary alicyclic amines) is 1. The fraction of sp³-hybridized carbons (Fsp3) is 0.556. The van der Waals surface area contributed by atoms with E-state index in [-0.39, 0.29) is 22.7 Å². The summed E-state index contributed by atoms with van der Waals surface area (Å²) in [5.41, 5.74) is 2.29. The Labute approximate surface area is 201 Å². The minimum Gasteiger partial charge on any atom is -0.379 e. The van der Waals surface area contributed by atoms with Crippen LogP contribution in [0, 0.1) is 18.7 Å². The van der Waals surface area contributed by atoms with Gasteiger partial charge in [-0.2, -0.15) is 0 Å². The molecular formula is C27H36FN3O3. The van der Waals surface area contributed by atoms with Gasteiger partial charge in [0.1, 0.15) is 11.4 Å². The van der Waals surface area contributed by atoms with Crippen molar-refractivity contribution in [1.29, 1.82) is 0 Å². The Bertz CT molecular complexity index is 1060. The standard InChI is InChI=1S/C27H36FN3O3/c1-20-6-4-10-30(19-20)27(33)26-24(18-22-7-3-8-23(28)17-22)31(21(2)16-25(26)32)11-5-9-29-12-14-34-15-13-29/h3,7-8,16-17,20H,4-6,9-15,18-19H2,1-2H3/t20-/m1/s1. The molecule has 2 aliphatic heterocycles. The molecule has 0 bridgehead atoms. The molecule has 2 aliphatic rings. The van der Waals surface area contributed by atoms with Gasteiger partial charge in [-0.15, -0.1) is 0 Å². The van der Waals surface area contributed by atoms with Gasteiger partial charge in [-0.25, -0.2) is 4.39 Å². The highest BCUT2D eigenvalue weighted by Gasteiger charge is 2.28. The first-order valence-corrected chi connectivity index (χ1v) is 12.5.